The molecule has 0 spiro atoms. The Morgan fingerprint density at radius 2 is 1.77 bits per heavy atom. The number of piperazine rings is 1. The first kappa shape index (κ1) is 32.1. The van der Waals surface area contributed by atoms with Gasteiger partial charge in [-0.1, -0.05) is 6.07 Å². The predicted molar refractivity (Wildman–Crippen MR) is 146 cm³/mol. The highest BCUT2D eigenvalue weighted by molar-refractivity contribution is 5.97. The Labute approximate surface area is 245 Å². The van der Waals surface area contributed by atoms with Crippen LogP contribution in [-0.4, -0.2) is 73.4 Å². The van der Waals surface area contributed by atoms with Gasteiger partial charge in [-0.15, -0.1) is 0 Å². The minimum atomic E-state index is -5.41. The van der Waals surface area contributed by atoms with E-state index < -0.39 is 91.1 Å². The van der Waals surface area contributed by atoms with E-state index in [0.29, 0.717) is 24.4 Å². The molecule has 1 atom stereocenters. The van der Waals surface area contributed by atoms with Crippen LogP contribution in [0.5, 0.6) is 0 Å². The Morgan fingerprint density at radius 1 is 1.11 bits per heavy atom. The van der Waals surface area contributed by atoms with Crippen LogP contribution in [0.25, 0.3) is 16.6 Å². The van der Waals surface area contributed by atoms with Crippen molar-refractivity contribution in [1.29, 1.82) is 0 Å². The van der Waals surface area contributed by atoms with Crippen molar-refractivity contribution in [3.05, 3.63) is 72.6 Å². The molecule has 3 heterocycles. The molecule has 1 N–H and O–H groups in total. The summed E-state index contributed by atoms with van der Waals surface area (Å²) < 4.78 is 63.6. The Kier molecular flexibility index (Phi) is 8.50. The highest BCUT2D eigenvalue weighted by Gasteiger charge is 2.41. The largest absolute Gasteiger partial charge is 0.444 e. The van der Waals surface area contributed by atoms with Gasteiger partial charge in [0.1, 0.15) is 28.7 Å². The number of rotatable bonds is 6. The molecule has 3 aromatic rings. The van der Waals surface area contributed by atoms with Gasteiger partial charge < -0.3 is 19.6 Å². The van der Waals surface area contributed by atoms with Crippen molar-refractivity contribution in [1.82, 2.24) is 14.5 Å². The highest BCUT2D eigenvalue weighted by Crippen LogP contribution is 2.41. The summed E-state index contributed by atoms with van der Waals surface area (Å²) in [6.07, 6.45) is -5.58. The third-order valence-corrected chi connectivity index (χ3v) is 6.75. The fraction of sp³-hybridized carbons (Fsp3) is 0.423. The summed E-state index contributed by atoms with van der Waals surface area (Å²) in [4.78, 5) is 54.3. The molecule has 236 valence electrons. The molecule has 0 saturated carbocycles. The molecule has 0 radical (unpaired) electrons. The number of benzene rings is 1. The molecule has 0 aliphatic carbocycles. The van der Waals surface area contributed by atoms with Crippen LogP contribution in [0.1, 0.15) is 32.9 Å². The number of nitro benzene ring substituents is 1. The van der Waals surface area contributed by atoms with Gasteiger partial charge in [0.15, 0.2) is 11.5 Å². The van der Waals surface area contributed by atoms with Gasteiger partial charge in [-0.3, -0.25) is 29.6 Å². The first-order chi connectivity index (χ1) is 20.5. The first-order valence-corrected chi connectivity index (χ1v) is 13.0. The van der Waals surface area contributed by atoms with E-state index >= 15 is 0 Å². The van der Waals surface area contributed by atoms with Crippen molar-refractivity contribution in [3.8, 4) is 5.69 Å². The zero-order valence-electron chi connectivity index (χ0n) is 23.5. The lowest BCUT2D eigenvalue weighted by Gasteiger charge is -2.42. The van der Waals surface area contributed by atoms with Crippen LogP contribution in [-0.2, 0) is 10.9 Å². The second kappa shape index (κ2) is 11.7. The molecule has 1 unspecified atom stereocenters. The number of pyridine rings is 2. The van der Waals surface area contributed by atoms with E-state index in [4.69, 9.17) is 4.74 Å². The summed E-state index contributed by atoms with van der Waals surface area (Å²) in [5, 5.41) is 32.8. The Bertz CT molecular complexity index is 1700. The molecular weight excluding hydrogens is 600 g/mol. The molecule has 1 aliphatic rings. The molecule has 1 amide bonds. The van der Waals surface area contributed by atoms with Crippen LogP contribution in [0, 0.1) is 26.0 Å². The molecule has 18 heteroatoms. The quantitative estimate of drug-likeness (QED) is 0.238. The van der Waals surface area contributed by atoms with E-state index in [-0.39, 0.29) is 30.6 Å². The van der Waals surface area contributed by atoms with Gasteiger partial charge in [0.25, 0.3) is 11.2 Å². The van der Waals surface area contributed by atoms with Crippen molar-refractivity contribution in [2.24, 2.45) is 0 Å². The van der Waals surface area contributed by atoms with Crippen LogP contribution < -0.4 is 10.5 Å². The first-order valence-electron chi connectivity index (χ1n) is 13.0. The summed E-state index contributed by atoms with van der Waals surface area (Å²) >= 11 is 0. The minimum Gasteiger partial charge on any atom is -0.444 e. The molecule has 0 bridgehead atoms. The topological polar surface area (TPSA) is 174 Å². The molecule has 2 aromatic heterocycles. The van der Waals surface area contributed by atoms with Crippen molar-refractivity contribution in [3.63, 3.8) is 0 Å². The number of carbonyl (C=O) groups is 1. The average Bonchev–Trinajstić information content (AvgIpc) is 2.91. The fourth-order valence-corrected chi connectivity index (χ4v) is 5.01. The van der Waals surface area contributed by atoms with Crippen molar-refractivity contribution in [2.45, 2.75) is 45.0 Å². The minimum absolute atomic E-state index is 0.0924. The van der Waals surface area contributed by atoms with Gasteiger partial charge in [0, 0.05) is 43.7 Å². The van der Waals surface area contributed by atoms with Crippen molar-refractivity contribution in [2.75, 3.05) is 31.1 Å². The summed E-state index contributed by atoms with van der Waals surface area (Å²) in [6.45, 7) is 4.01. The van der Waals surface area contributed by atoms with E-state index in [1.807, 2.05) is 0 Å². The number of anilines is 1. The molecule has 1 saturated heterocycles. The highest BCUT2D eigenvalue weighted by atomic mass is 19.4. The zero-order valence-corrected chi connectivity index (χ0v) is 23.5. The number of alkyl halides is 3. The third kappa shape index (κ3) is 6.10. The average molecular weight is 627 g/mol. The Morgan fingerprint density at radius 3 is 2.34 bits per heavy atom. The van der Waals surface area contributed by atoms with Crippen LogP contribution in [0.4, 0.5) is 39.4 Å². The maximum absolute atomic E-state index is 14.9. The number of aromatic nitrogens is 2. The number of hydrogen-bond donors (Lipinski definition) is 1. The standard InChI is InChI=1S/C26H26F4N6O8/c1-25(2,3)44-24(39)32-8-9-33(14(13-32)7-10-37)21-15-11-19(26(28,29)30)34(22-16(27)5-4-6-17(22)35(40)41)23(38)20(15)31-12-18(21)36(42)43/h4-6,11-12,14,37H,7-10,13H2,1-3H3. The number of carbonyl (C=O) groups excluding carboxylic acids is 1. The summed E-state index contributed by atoms with van der Waals surface area (Å²) in [5.41, 5.74) is -8.77. The van der Waals surface area contributed by atoms with E-state index in [2.05, 4.69) is 4.98 Å². The molecule has 1 aliphatic heterocycles. The maximum atomic E-state index is 14.9. The van der Waals surface area contributed by atoms with Gasteiger partial charge in [0.2, 0.25) is 0 Å². The van der Waals surface area contributed by atoms with Gasteiger partial charge in [-0.05, 0) is 39.3 Å². The number of ether oxygens (including phenoxy) is 1. The molecule has 4 rings (SSSR count). The van der Waals surface area contributed by atoms with Crippen LogP contribution in [0.2, 0.25) is 0 Å². The monoisotopic (exact) mass is 626 g/mol. The maximum Gasteiger partial charge on any atom is 0.431 e. The smallest absolute Gasteiger partial charge is 0.431 e. The van der Waals surface area contributed by atoms with Gasteiger partial charge >= 0.3 is 18.0 Å². The number of hydrogen-bond acceptors (Lipinski definition) is 10. The number of aliphatic hydroxyl groups is 1. The number of nitrogens with zero attached hydrogens (tertiary/aromatic N) is 6. The van der Waals surface area contributed by atoms with E-state index in [1.165, 1.54) is 9.80 Å². The van der Waals surface area contributed by atoms with Crippen molar-refractivity contribution < 1.29 is 42.0 Å². The predicted octanol–water partition coefficient (Wildman–Crippen LogP) is 4.17. The summed E-state index contributed by atoms with van der Waals surface area (Å²) in [7, 11) is 0. The lowest BCUT2D eigenvalue weighted by molar-refractivity contribution is -0.384. The third-order valence-electron chi connectivity index (χ3n) is 6.75. The molecule has 44 heavy (non-hydrogen) atoms. The zero-order chi connectivity index (χ0) is 32.7. The molecule has 1 aromatic carbocycles. The molecular formula is C26H26F4N6O8. The number of fused-ring (bicyclic) bond motifs is 1. The van der Waals surface area contributed by atoms with E-state index in [1.54, 1.807) is 20.8 Å². The Balaban J connectivity index is 2.01. The fourth-order valence-electron chi connectivity index (χ4n) is 5.01. The van der Waals surface area contributed by atoms with Gasteiger partial charge in [0.05, 0.1) is 9.85 Å². The van der Waals surface area contributed by atoms with E-state index in [9.17, 15) is 52.5 Å². The number of halogens is 4. The van der Waals surface area contributed by atoms with E-state index in [0.717, 1.165) is 6.07 Å². The van der Waals surface area contributed by atoms with Crippen LogP contribution >= 0.6 is 0 Å². The SMILES string of the molecule is CC(C)(C)OC(=O)N1CCN(c2c([N+](=O)[O-])cnc3c(=O)n(-c4c(F)cccc4[N+](=O)[O-])c(C(F)(F)F)cc23)C(CCO)C1. The number of amides is 1. The lowest BCUT2D eigenvalue weighted by atomic mass is 10.0. The van der Waals surface area contributed by atoms with Gasteiger partial charge in [-0.25, -0.2) is 14.2 Å². The second-order valence-corrected chi connectivity index (χ2v) is 10.8. The second-order valence-electron chi connectivity index (χ2n) is 10.8. The summed E-state index contributed by atoms with van der Waals surface area (Å²) in [6, 6.07) is 1.69. The van der Waals surface area contributed by atoms with Crippen LogP contribution in [0.15, 0.2) is 35.3 Å². The van der Waals surface area contributed by atoms with Crippen LogP contribution in [0.3, 0.4) is 0 Å². The Hall–Kier alpha value is -4.87. The van der Waals surface area contributed by atoms with Crippen molar-refractivity contribution >= 4 is 34.1 Å². The number of aliphatic hydroxyl groups excluding tert-OH is 1. The lowest BCUT2D eigenvalue weighted by Crippen LogP contribution is -2.56. The molecule has 1 fully saturated rings. The summed E-state index contributed by atoms with van der Waals surface area (Å²) in [5.74, 6) is -1.51. The van der Waals surface area contributed by atoms with Gasteiger partial charge in [-0.2, -0.15) is 13.2 Å². The number of para-hydroxylation sites is 1. The molecule has 14 nitrogen and oxygen atoms in total. The normalized spacial score (nSPS) is 15.9. The number of nitro groups is 2.